The van der Waals surface area contributed by atoms with Gasteiger partial charge in [-0.25, -0.2) is 8.42 Å². The molecule has 1 heterocycles. The van der Waals surface area contributed by atoms with Gasteiger partial charge in [0.1, 0.15) is 4.90 Å². The standard InChI is InChI=1S/C13H9BrN2O3S2/c14-9-3-1-2-4-12(9)21(18,19)16-8-5-6-10-11(7-8)20-13(17)15-10/h1-7,16H,(H,15,17). The van der Waals surface area contributed by atoms with Gasteiger partial charge in [0.2, 0.25) is 0 Å². The number of halogens is 1. The highest BCUT2D eigenvalue weighted by Crippen LogP contribution is 2.25. The van der Waals surface area contributed by atoms with Crippen LogP contribution in [0.25, 0.3) is 10.2 Å². The van der Waals surface area contributed by atoms with Gasteiger partial charge >= 0.3 is 4.87 Å². The Kier molecular flexibility index (Phi) is 3.60. The van der Waals surface area contributed by atoms with Crippen LogP contribution in [0.1, 0.15) is 0 Å². The summed E-state index contributed by atoms with van der Waals surface area (Å²) in [6.45, 7) is 0. The zero-order chi connectivity index (χ0) is 15.0. The Morgan fingerprint density at radius 3 is 2.67 bits per heavy atom. The van der Waals surface area contributed by atoms with E-state index in [9.17, 15) is 13.2 Å². The van der Waals surface area contributed by atoms with Crippen molar-refractivity contribution < 1.29 is 8.42 Å². The Bertz CT molecular complexity index is 976. The third-order valence-corrected chi connectivity index (χ3v) is 6.04. The first-order chi connectivity index (χ1) is 9.95. The molecule has 5 nitrogen and oxygen atoms in total. The summed E-state index contributed by atoms with van der Waals surface area (Å²) < 4.78 is 28.4. The lowest BCUT2D eigenvalue weighted by molar-refractivity contribution is 0.601. The number of H-pyrrole nitrogens is 1. The number of fused-ring (bicyclic) bond motifs is 1. The number of hydrogen-bond donors (Lipinski definition) is 2. The summed E-state index contributed by atoms with van der Waals surface area (Å²) in [6.07, 6.45) is 0. The van der Waals surface area contributed by atoms with Crippen molar-refractivity contribution in [3.63, 3.8) is 0 Å². The van der Waals surface area contributed by atoms with Crippen molar-refractivity contribution in [3.8, 4) is 0 Å². The average Bonchev–Trinajstić information content (AvgIpc) is 2.78. The van der Waals surface area contributed by atoms with Crippen molar-refractivity contribution in [2.45, 2.75) is 4.90 Å². The summed E-state index contributed by atoms with van der Waals surface area (Å²) in [5, 5.41) is 0. The van der Waals surface area contributed by atoms with Crippen LogP contribution in [0.15, 0.2) is 56.6 Å². The zero-order valence-electron chi connectivity index (χ0n) is 10.5. The second kappa shape index (κ2) is 5.28. The lowest BCUT2D eigenvalue weighted by atomic mass is 10.3. The number of sulfonamides is 1. The van der Waals surface area contributed by atoms with Gasteiger partial charge in [-0.2, -0.15) is 0 Å². The van der Waals surface area contributed by atoms with Gasteiger partial charge in [0.25, 0.3) is 10.0 Å². The Morgan fingerprint density at radius 2 is 1.90 bits per heavy atom. The van der Waals surface area contributed by atoms with E-state index in [1.54, 1.807) is 36.4 Å². The van der Waals surface area contributed by atoms with Gasteiger partial charge in [-0.1, -0.05) is 23.5 Å². The molecule has 0 aliphatic heterocycles. The Balaban J connectivity index is 2.01. The smallest absolute Gasteiger partial charge is 0.305 e. The second-order valence-corrected chi connectivity index (χ2v) is 7.78. The van der Waals surface area contributed by atoms with Crippen LogP contribution in [0.3, 0.4) is 0 Å². The zero-order valence-corrected chi connectivity index (χ0v) is 13.7. The Morgan fingerprint density at radius 1 is 1.14 bits per heavy atom. The van der Waals surface area contributed by atoms with Gasteiger partial charge < -0.3 is 4.98 Å². The molecular formula is C13H9BrN2O3S2. The fourth-order valence-corrected chi connectivity index (χ4v) is 4.71. The van der Waals surface area contributed by atoms with Crippen LogP contribution in [0.4, 0.5) is 5.69 Å². The molecule has 0 spiro atoms. The quantitative estimate of drug-likeness (QED) is 0.727. The molecule has 0 atom stereocenters. The number of thiazole rings is 1. The minimum atomic E-state index is -3.69. The number of benzene rings is 2. The van der Waals surface area contributed by atoms with E-state index in [1.807, 2.05) is 0 Å². The largest absolute Gasteiger partial charge is 0.312 e. The molecule has 0 saturated carbocycles. The van der Waals surface area contributed by atoms with Gasteiger partial charge in [0.15, 0.2) is 0 Å². The van der Waals surface area contributed by atoms with Crippen LogP contribution in [0.2, 0.25) is 0 Å². The molecule has 0 radical (unpaired) electrons. The van der Waals surface area contributed by atoms with E-state index >= 15 is 0 Å². The maximum atomic E-state index is 12.4. The summed E-state index contributed by atoms with van der Waals surface area (Å²) in [6, 6.07) is 11.5. The van der Waals surface area contributed by atoms with E-state index in [0.29, 0.717) is 20.4 Å². The van der Waals surface area contributed by atoms with E-state index in [0.717, 1.165) is 11.3 Å². The topological polar surface area (TPSA) is 79.0 Å². The minimum absolute atomic E-state index is 0.160. The molecule has 2 aromatic carbocycles. The van der Waals surface area contributed by atoms with Crippen LogP contribution in [-0.2, 0) is 10.0 Å². The molecule has 0 aliphatic rings. The van der Waals surface area contributed by atoms with Gasteiger partial charge in [0.05, 0.1) is 15.9 Å². The third-order valence-electron chi connectivity index (χ3n) is 2.80. The van der Waals surface area contributed by atoms with Crippen molar-refractivity contribution >= 4 is 53.2 Å². The van der Waals surface area contributed by atoms with E-state index in [1.165, 1.54) is 6.07 Å². The van der Waals surface area contributed by atoms with Crippen LogP contribution in [0.5, 0.6) is 0 Å². The molecule has 3 aromatic rings. The number of nitrogens with one attached hydrogen (secondary N) is 2. The molecule has 108 valence electrons. The number of aromatic nitrogens is 1. The van der Waals surface area contributed by atoms with Crippen molar-refractivity contribution in [2.24, 2.45) is 0 Å². The predicted molar refractivity (Wildman–Crippen MR) is 87.4 cm³/mol. The van der Waals surface area contributed by atoms with Gasteiger partial charge in [-0.3, -0.25) is 9.52 Å². The summed E-state index contributed by atoms with van der Waals surface area (Å²) in [5.74, 6) is 0. The number of aromatic amines is 1. The third kappa shape index (κ3) is 2.87. The van der Waals surface area contributed by atoms with Crippen molar-refractivity contribution in [2.75, 3.05) is 4.72 Å². The van der Waals surface area contributed by atoms with Crippen molar-refractivity contribution in [3.05, 3.63) is 56.6 Å². The summed E-state index contributed by atoms with van der Waals surface area (Å²) >= 11 is 4.26. The molecule has 0 fully saturated rings. The average molecular weight is 385 g/mol. The first-order valence-electron chi connectivity index (χ1n) is 5.86. The number of rotatable bonds is 3. The van der Waals surface area contributed by atoms with E-state index in [-0.39, 0.29) is 9.77 Å². The highest BCUT2D eigenvalue weighted by atomic mass is 79.9. The van der Waals surface area contributed by atoms with E-state index < -0.39 is 10.0 Å². The summed E-state index contributed by atoms with van der Waals surface area (Å²) in [5.41, 5.74) is 1.10. The molecule has 0 saturated heterocycles. The fourth-order valence-electron chi connectivity index (χ4n) is 1.88. The monoisotopic (exact) mass is 384 g/mol. The van der Waals surface area contributed by atoms with Gasteiger partial charge in [-0.05, 0) is 46.3 Å². The van der Waals surface area contributed by atoms with Crippen LogP contribution >= 0.6 is 27.3 Å². The molecule has 0 amide bonds. The Labute approximate surface area is 132 Å². The normalized spacial score (nSPS) is 11.7. The summed E-state index contributed by atoms with van der Waals surface area (Å²) in [7, 11) is -3.69. The van der Waals surface area contributed by atoms with Crippen molar-refractivity contribution in [1.29, 1.82) is 0 Å². The van der Waals surface area contributed by atoms with Gasteiger partial charge in [0, 0.05) is 4.47 Å². The SMILES string of the molecule is O=c1[nH]c2ccc(NS(=O)(=O)c3ccccc3Br)cc2s1. The number of anilines is 1. The number of hydrogen-bond acceptors (Lipinski definition) is 4. The highest BCUT2D eigenvalue weighted by molar-refractivity contribution is 9.10. The molecule has 1 aromatic heterocycles. The van der Waals surface area contributed by atoms with Crippen LogP contribution in [-0.4, -0.2) is 13.4 Å². The molecule has 0 unspecified atom stereocenters. The highest BCUT2D eigenvalue weighted by Gasteiger charge is 2.17. The Hall–Kier alpha value is -1.64. The summed E-state index contributed by atoms with van der Waals surface area (Å²) in [4.78, 5) is 13.9. The lowest BCUT2D eigenvalue weighted by Gasteiger charge is -2.09. The molecule has 8 heteroatoms. The van der Waals surface area contributed by atoms with Gasteiger partial charge in [-0.15, -0.1) is 0 Å². The first-order valence-corrected chi connectivity index (χ1v) is 8.95. The molecular weight excluding hydrogens is 376 g/mol. The molecule has 0 aliphatic carbocycles. The molecule has 2 N–H and O–H groups in total. The minimum Gasteiger partial charge on any atom is -0.312 e. The van der Waals surface area contributed by atoms with Crippen LogP contribution < -0.4 is 9.60 Å². The van der Waals surface area contributed by atoms with E-state index in [2.05, 4.69) is 25.6 Å². The lowest BCUT2D eigenvalue weighted by Crippen LogP contribution is -2.13. The maximum Gasteiger partial charge on any atom is 0.305 e. The second-order valence-electron chi connectivity index (χ2n) is 4.26. The maximum absolute atomic E-state index is 12.4. The predicted octanol–water partition coefficient (Wildman–Crippen LogP) is 3.15. The van der Waals surface area contributed by atoms with E-state index in [4.69, 9.17) is 0 Å². The first kappa shape index (κ1) is 14.3. The fraction of sp³-hybridized carbons (Fsp3) is 0. The van der Waals surface area contributed by atoms with Crippen LogP contribution in [0, 0.1) is 0 Å². The molecule has 21 heavy (non-hydrogen) atoms. The molecule has 3 rings (SSSR count). The molecule has 0 bridgehead atoms. The van der Waals surface area contributed by atoms with Crippen molar-refractivity contribution in [1.82, 2.24) is 4.98 Å².